The Labute approximate surface area is 162 Å². The summed E-state index contributed by atoms with van der Waals surface area (Å²) < 4.78 is 1.97. The molecule has 6 nitrogen and oxygen atoms in total. The van der Waals surface area contributed by atoms with E-state index in [1.165, 1.54) is 11.3 Å². The molecule has 0 fully saturated rings. The highest BCUT2D eigenvalue weighted by Crippen LogP contribution is 2.19. The number of thiazole rings is 1. The zero-order valence-corrected chi connectivity index (χ0v) is 16.5. The maximum absolute atomic E-state index is 12.7. The lowest BCUT2D eigenvalue weighted by molar-refractivity contribution is -0.127. The van der Waals surface area contributed by atoms with Gasteiger partial charge in [0.2, 0.25) is 11.8 Å². The molecule has 7 heteroatoms. The molecule has 0 saturated heterocycles. The zero-order chi connectivity index (χ0) is 19.4. The van der Waals surface area contributed by atoms with Crippen LogP contribution in [0.2, 0.25) is 0 Å². The highest BCUT2D eigenvalue weighted by molar-refractivity contribution is 7.13. The number of hydrogen-bond acceptors (Lipinski definition) is 4. The van der Waals surface area contributed by atoms with Crippen LogP contribution in [-0.4, -0.2) is 27.4 Å². The lowest BCUT2D eigenvalue weighted by Crippen LogP contribution is -2.45. The van der Waals surface area contributed by atoms with E-state index in [4.69, 9.17) is 0 Å². The van der Waals surface area contributed by atoms with E-state index in [2.05, 4.69) is 21.7 Å². The molecule has 27 heavy (non-hydrogen) atoms. The third-order valence-corrected chi connectivity index (χ3v) is 5.03. The van der Waals surface area contributed by atoms with Crippen LogP contribution in [-0.2, 0) is 16.1 Å². The minimum Gasteiger partial charge on any atom is -0.343 e. The summed E-state index contributed by atoms with van der Waals surface area (Å²) in [6.45, 7) is 6.21. The Morgan fingerprint density at radius 2 is 2.04 bits per heavy atom. The summed E-state index contributed by atoms with van der Waals surface area (Å²) in [4.78, 5) is 29.4. The Bertz CT molecular complexity index is 931. The predicted molar refractivity (Wildman–Crippen MR) is 109 cm³/mol. The van der Waals surface area contributed by atoms with Crippen molar-refractivity contribution < 1.29 is 9.59 Å². The summed E-state index contributed by atoms with van der Waals surface area (Å²) in [5, 5.41) is 9.11. The average molecular weight is 385 g/mol. The van der Waals surface area contributed by atoms with Crippen molar-refractivity contribution in [2.75, 3.05) is 5.32 Å². The number of carbonyl (C=O) groups excluding carboxylic acids is 2. The number of benzene rings is 1. The van der Waals surface area contributed by atoms with Gasteiger partial charge in [0.1, 0.15) is 12.6 Å². The summed E-state index contributed by atoms with van der Waals surface area (Å²) in [6, 6.07) is 9.43. The van der Waals surface area contributed by atoms with Gasteiger partial charge in [0.25, 0.3) is 0 Å². The Morgan fingerprint density at radius 1 is 1.26 bits per heavy atom. The number of nitrogens with zero attached hydrogens (tertiary/aromatic N) is 2. The van der Waals surface area contributed by atoms with E-state index < -0.39 is 6.04 Å². The standard InChI is InChI=1S/C20H24N4O2S/c1-13(2)10-16(19(26)23-20-21-8-9-27-20)22-18(25)12-24-14(3)11-15-6-4-5-7-17(15)24/h4-9,11,13,16H,10,12H2,1-3H3,(H,22,25)(H,21,23,26)/t16-/m0/s1. The molecule has 2 amide bonds. The minimum absolute atomic E-state index is 0.179. The van der Waals surface area contributed by atoms with Crippen LogP contribution < -0.4 is 10.6 Å². The molecule has 2 aromatic heterocycles. The van der Waals surface area contributed by atoms with Crippen LogP contribution in [0.25, 0.3) is 10.9 Å². The highest BCUT2D eigenvalue weighted by Gasteiger charge is 2.23. The maximum Gasteiger partial charge on any atom is 0.248 e. The summed E-state index contributed by atoms with van der Waals surface area (Å²) in [6.07, 6.45) is 2.20. The highest BCUT2D eigenvalue weighted by atomic mass is 32.1. The van der Waals surface area contributed by atoms with Crippen LogP contribution in [0.3, 0.4) is 0 Å². The van der Waals surface area contributed by atoms with Crippen LogP contribution in [0.4, 0.5) is 5.13 Å². The monoisotopic (exact) mass is 384 g/mol. The number of para-hydroxylation sites is 1. The van der Waals surface area contributed by atoms with E-state index in [9.17, 15) is 9.59 Å². The van der Waals surface area contributed by atoms with E-state index in [1.54, 1.807) is 11.6 Å². The number of amides is 2. The Hall–Kier alpha value is -2.67. The van der Waals surface area contributed by atoms with Gasteiger partial charge in [-0.1, -0.05) is 32.0 Å². The largest absolute Gasteiger partial charge is 0.343 e. The zero-order valence-electron chi connectivity index (χ0n) is 15.7. The van der Waals surface area contributed by atoms with Crippen LogP contribution >= 0.6 is 11.3 Å². The molecule has 1 aromatic carbocycles. The second-order valence-corrected chi connectivity index (χ2v) is 7.90. The molecule has 3 rings (SSSR count). The van der Waals surface area contributed by atoms with E-state index in [1.807, 2.05) is 49.6 Å². The molecule has 0 radical (unpaired) electrons. The van der Waals surface area contributed by atoms with Crippen molar-refractivity contribution in [1.82, 2.24) is 14.9 Å². The molecule has 0 spiro atoms. The van der Waals surface area contributed by atoms with Gasteiger partial charge in [0.15, 0.2) is 5.13 Å². The van der Waals surface area contributed by atoms with Gasteiger partial charge in [-0.2, -0.15) is 0 Å². The van der Waals surface area contributed by atoms with Gasteiger partial charge in [-0.05, 0) is 36.8 Å². The summed E-state index contributed by atoms with van der Waals surface area (Å²) in [5.74, 6) is -0.146. The molecule has 0 saturated carbocycles. The number of aryl methyl sites for hydroxylation is 1. The van der Waals surface area contributed by atoms with Crippen molar-refractivity contribution in [1.29, 1.82) is 0 Å². The molecule has 1 atom stereocenters. The van der Waals surface area contributed by atoms with E-state index in [-0.39, 0.29) is 24.3 Å². The normalized spacial score (nSPS) is 12.3. The fourth-order valence-corrected chi connectivity index (χ4v) is 3.65. The molecular weight excluding hydrogens is 360 g/mol. The number of fused-ring (bicyclic) bond motifs is 1. The van der Waals surface area contributed by atoms with Crippen LogP contribution in [0, 0.1) is 12.8 Å². The van der Waals surface area contributed by atoms with Gasteiger partial charge in [-0.15, -0.1) is 11.3 Å². The smallest absolute Gasteiger partial charge is 0.248 e. The third kappa shape index (κ3) is 4.74. The molecule has 2 N–H and O–H groups in total. The first-order chi connectivity index (χ1) is 12.9. The van der Waals surface area contributed by atoms with Gasteiger partial charge in [0.05, 0.1) is 0 Å². The van der Waals surface area contributed by atoms with Crippen molar-refractivity contribution in [3.8, 4) is 0 Å². The molecule has 0 aliphatic rings. The minimum atomic E-state index is -0.594. The van der Waals surface area contributed by atoms with Gasteiger partial charge in [-0.25, -0.2) is 4.98 Å². The first-order valence-electron chi connectivity index (χ1n) is 8.98. The third-order valence-electron chi connectivity index (χ3n) is 4.34. The van der Waals surface area contributed by atoms with Crippen molar-refractivity contribution in [2.45, 2.75) is 39.8 Å². The molecule has 0 aliphatic heterocycles. The average Bonchev–Trinajstić information content (AvgIpc) is 3.22. The van der Waals surface area contributed by atoms with E-state index >= 15 is 0 Å². The molecule has 0 bridgehead atoms. The number of nitrogens with one attached hydrogen (secondary N) is 2. The van der Waals surface area contributed by atoms with Crippen molar-refractivity contribution >= 4 is 39.2 Å². The topological polar surface area (TPSA) is 76.0 Å². The number of anilines is 1. The lowest BCUT2D eigenvalue weighted by atomic mass is 10.0. The Balaban J connectivity index is 1.71. The van der Waals surface area contributed by atoms with E-state index in [0.29, 0.717) is 11.6 Å². The van der Waals surface area contributed by atoms with Crippen LogP contribution in [0.1, 0.15) is 26.0 Å². The molecule has 3 aromatic rings. The Kier molecular flexibility index (Phi) is 5.91. The van der Waals surface area contributed by atoms with E-state index in [0.717, 1.165) is 16.6 Å². The molecular formula is C20H24N4O2S. The predicted octanol–water partition coefficient (Wildman–Crippen LogP) is 3.58. The molecule has 0 aliphatic carbocycles. The van der Waals surface area contributed by atoms with Crippen LogP contribution in [0.5, 0.6) is 0 Å². The lowest BCUT2D eigenvalue weighted by Gasteiger charge is -2.20. The molecule has 0 unspecified atom stereocenters. The maximum atomic E-state index is 12.7. The van der Waals surface area contributed by atoms with Crippen LogP contribution in [0.15, 0.2) is 41.9 Å². The summed E-state index contributed by atoms with van der Waals surface area (Å²) >= 11 is 1.35. The Morgan fingerprint density at radius 3 is 2.74 bits per heavy atom. The van der Waals surface area contributed by atoms with Crippen molar-refractivity contribution in [3.63, 3.8) is 0 Å². The molecule has 2 heterocycles. The first kappa shape index (κ1) is 19.1. The SMILES string of the molecule is Cc1cc2ccccc2n1CC(=O)N[C@@H](CC(C)C)C(=O)Nc1nccs1. The second-order valence-electron chi connectivity index (χ2n) is 7.01. The van der Waals surface area contributed by atoms with Gasteiger partial charge >= 0.3 is 0 Å². The number of rotatable bonds is 7. The van der Waals surface area contributed by atoms with Gasteiger partial charge in [-0.3, -0.25) is 9.59 Å². The summed E-state index contributed by atoms with van der Waals surface area (Å²) in [7, 11) is 0. The quantitative estimate of drug-likeness (QED) is 0.654. The fraction of sp³-hybridized carbons (Fsp3) is 0.350. The number of hydrogen-bond donors (Lipinski definition) is 2. The number of carbonyl (C=O) groups is 2. The fourth-order valence-electron chi connectivity index (χ4n) is 3.12. The van der Waals surface area contributed by atoms with Crippen molar-refractivity contribution in [3.05, 3.63) is 47.6 Å². The first-order valence-corrected chi connectivity index (χ1v) is 9.86. The van der Waals surface area contributed by atoms with Crippen molar-refractivity contribution in [2.24, 2.45) is 5.92 Å². The summed E-state index contributed by atoms with van der Waals surface area (Å²) in [5.41, 5.74) is 2.02. The number of aromatic nitrogens is 2. The van der Waals surface area contributed by atoms with Gasteiger partial charge in [0, 0.05) is 22.8 Å². The molecule has 142 valence electrons. The van der Waals surface area contributed by atoms with Gasteiger partial charge < -0.3 is 15.2 Å². The second kappa shape index (κ2) is 8.35.